The maximum Gasteiger partial charge on any atom is 0.226 e. The van der Waals surface area contributed by atoms with Crippen LogP contribution in [-0.2, 0) is 21.2 Å². The predicted octanol–water partition coefficient (Wildman–Crippen LogP) is 3.49. The Morgan fingerprint density at radius 3 is 2.38 bits per heavy atom. The highest BCUT2D eigenvalue weighted by molar-refractivity contribution is 7.88. The van der Waals surface area contributed by atoms with Crippen LogP contribution in [0.3, 0.4) is 0 Å². The van der Waals surface area contributed by atoms with Gasteiger partial charge in [-0.05, 0) is 60.9 Å². The first-order valence-electron chi connectivity index (χ1n) is 11.0. The van der Waals surface area contributed by atoms with E-state index in [2.05, 4.69) is 4.72 Å². The third-order valence-electron chi connectivity index (χ3n) is 6.94. The molecule has 1 spiro atoms. The average molecular weight is 461 g/mol. The molecule has 5 nitrogen and oxygen atoms in total. The van der Waals surface area contributed by atoms with Gasteiger partial charge in [0.2, 0.25) is 15.9 Å². The lowest BCUT2D eigenvalue weighted by Gasteiger charge is -2.29. The molecule has 2 aromatic carbocycles. The monoisotopic (exact) mass is 460 g/mol. The molecule has 2 aliphatic carbocycles. The van der Waals surface area contributed by atoms with Gasteiger partial charge in [0.25, 0.3) is 0 Å². The molecular formula is C24H26F2N2O3S. The number of sulfonamides is 1. The molecule has 8 heteroatoms. The summed E-state index contributed by atoms with van der Waals surface area (Å²) in [4.78, 5) is 15.0. The summed E-state index contributed by atoms with van der Waals surface area (Å²) in [5.41, 5.74) is 1.81. The molecule has 2 atom stereocenters. The van der Waals surface area contributed by atoms with Gasteiger partial charge in [-0.3, -0.25) is 4.79 Å². The number of carbonyl (C=O) groups is 1. The molecular weight excluding hydrogens is 434 g/mol. The fourth-order valence-corrected chi connectivity index (χ4v) is 5.95. The van der Waals surface area contributed by atoms with Crippen LogP contribution in [-0.4, -0.2) is 44.1 Å². The van der Waals surface area contributed by atoms with Crippen LogP contribution in [0.1, 0.15) is 31.2 Å². The Balaban J connectivity index is 1.47. The molecule has 32 heavy (non-hydrogen) atoms. The zero-order valence-electron chi connectivity index (χ0n) is 17.9. The normalized spacial score (nSPS) is 24.2. The Bertz CT molecular complexity index is 1160. The summed E-state index contributed by atoms with van der Waals surface area (Å²) < 4.78 is 54.5. The van der Waals surface area contributed by atoms with E-state index in [-0.39, 0.29) is 29.3 Å². The van der Waals surface area contributed by atoms with Crippen molar-refractivity contribution < 1.29 is 22.0 Å². The van der Waals surface area contributed by atoms with Gasteiger partial charge in [-0.25, -0.2) is 21.9 Å². The summed E-state index contributed by atoms with van der Waals surface area (Å²) in [6.45, 7) is 0.578. The number of nitrogens with one attached hydrogen (secondary N) is 1. The van der Waals surface area contributed by atoms with Gasteiger partial charge in [0.05, 0.1) is 12.3 Å². The summed E-state index contributed by atoms with van der Waals surface area (Å²) in [7, 11) is -3.45. The van der Waals surface area contributed by atoms with Gasteiger partial charge < -0.3 is 4.90 Å². The maximum absolute atomic E-state index is 13.7. The molecule has 1 aliphatic heterocycles. The second kappa shape index (κ2) is 7.63. The quantitative estimate of drug-likeness (QED) is 0.718. The molecule has 170 valence electrons. The van der Waals surface area contributed by atoms with E-state index in [0.717, 1.165) is 43.6 Å². The molecule has 1 N–H and O–H groups in total. The number of hydrogen-bond acceptors (Lipinski definition) is 3. The van der Waals surface area contributed by atoms with E-state index in [1.165, 1.54) is 12.1 Å². The average Bonchev–Trinajstić information content (AvgIpc) is 3.62. The smallest absolute Gasteiger partial charge is 0.226 e. The molecule has 5 rings (SSSR count). The number of halogens is 2. The van der Waals surface area contributed by atoms with Crippen molar-refractivity contribution in [1.29, 1.82) is 0 Å². The Morgan fingerprint density at radius 1 is 1.09 bits per heavy atom. The molecule has 2 unspecified atom stereocenters. The number of benzene rings is 2. The summed E-state index contributed by atoms with van der Waals surface area (Å²) in [6, 6.07) is 10.2. The number of nitrogens with zero attached hydrogens (tertiary/aromatic N) is 1. The standard InChI is InChI=1S/C24H26F2N2O3S/c1-32(30,31)27-22-21(28(14-24(22)7-8-24)23(29)16-5-6-16)10-15-3-2-4-17(9-15)18-11-19(25)13-20(26)12-18/h2-4,9,11-13,16,21-22,27H,5-8,10,14H2,1H3. The first kappa shape index (κ1) is 21.5. The van der Waals surface area contributed by atoms with Gasteiger partial charge in [-0.1, -0.05) is 24.3 Å². The van der Waals surface area contributed by atoms with E-state index < -0.39 is 21.7 Å². The van der Waals surface area contributed by atoms with Gasteiger partial charge in [0, 0.05) is 30.0 Å². The van der Waals surface area contributed by atoms with Crippen molar-refractivity contribution in [2.75, 3.05) is 12.8 Å². The van der Waals surface area contributed by atoms with Crippen LogP contribution in [0.4, 0.5) is 8.78 Å². The molecule has 0 aromatic heterocycles. The second-order valence-corrected chi connectivity index (χ2v) is 11.4. The Morgan fingerprint density at radius 2 is 1.78 bits per heavy atom. The fourth-order valence-electron chi connectivity index (χ4n) is 5.08. The van der Waals surface area contributed by atoms with Crippen LogP contribution in [0.15, 0.2) is 42.5 Å². The van der Waals surface area contributed by atoms with Gasteiger partial charge in [0.1, 0.15) is 11.6 Å². The number of carbonyl (C=O) groups excluding carboxylic acids is 1. The molecule has 3 fully saturated rings. The highest BCUT2D eigenvalue weighted by atomic mass is 32.2. The zero-order valence-corrected chi connectivity index (χ0v) is 18.7. The highest BCUT2D eigenvalue weighted by Crippen LogP contribution is 2.56. The van der Waals surface area contributed by atoms with Crippen molar-refractivity contribution in [3.63, 3.8) is 0 Å². The third kappa shape index (κ3) is 4.30. The van der Waals surface area contributed by atoms with Gasteiger partial charge in [0.15, 0.2) is 0 Å². The Hall–Kier alpha value is -2.32. The van der Waals surface area contributed by atoms with E-state index in [4.69, 9.17) is 0 Å². The molecule has 3 aliphatic rings. The van der Waals surface area contributed by atoms with Gasteiger partial charge >= 0.3 is 0 Å². The van der Waals surface area contributed by atoms with Crippen LogP contribution in [0.5, 0.6) is 0 Å². The highest BCUT2D eigenvalue weighted by Gasteiger charge is 2.61. The Labute approximate surface area is 186 Å². The summed E-state index contributed by atoms with van der Waals surface area (Å²) in [5.74, 6) is -1.12. The molecule has 2 saturated carbocycles. The lowest BCUT2D eigenvalue weighted by atomic mass is 9.91. The molecule has 0 bridgehead atoms. The van der Waals surface area contributed by atoms with Gasteiger partial charge in [-0.2, -0.15) is 0 Å². The topological polar surface area (TPSA) is 66.5 Å². The minimum absolute atomic E-state index is 0.0480. The van der Waals surface area contributed by atoms with Gasteiger partial charge in [-0.15, -0.1) is 0 Å². The number of rotatable bonds is 6. The predicted molar refractivity (Wildman–Crippen MR) is 117 cm³/mol. The first-order chi connectivity index (χ1) is 15.1. The van der Waals surface area contributed by atoms with Crippen molar-refractivity contribution in [3.05, 3.63) is 59.7 Å². The van der Waals surface area contributed by atoms with Crippen LogP contribution in [0, 0.1) is 23.0 Å². The van der Waals surface area contributed by atoms with Crippen molar-refractivity contribution in [3.8, 4) is 11.1 Å². The van der Waals surface area contributed by atoms with Crippen LogP contribution < -0.4 is 4.72 Å². The van der Waals surface area contributed by atoms with Crippen LogP contribution in [0.2, 0.25) is 0 Å². The molecule has 1 saturated heterocycles. The molecule has 1 heterocycles. The third-order valence-corrected chi connectivity index (χ3v) is 7.62. The van der Waals surface area contributed by atoms with Crippen molar-refractivity contribution in [2.24, 2.45) is 11.3 Å². The van der Waals surface area contributed by atoms with Crippen molar-refractivity contribution >= 4 is 15.9 Å². The van der Waals surface area contributed by atoms with E-state index >= 15 is 0 Å². The SMILES string of the molecule is CS(=O)(=O)NC1C(Cc2cccc(-c3cc(F)cc(F)c3)c2)N(C(=O)C2CC2)CC12CC2. The summed E-state index contributed by atoms with van der Waals surface area (Å²) >= 11 is 0. The first-order valence-corrected chi connectivity index (χ1v) is 12.9. The molecule has 0 radical (unpaired) electrons. The van der Waals surface area contributed by atoms with E-state index in [0.29, 0.717) is 24.1 Å². The minimum Gasteiger partial charge on any atom is -0.337 e. The fraction of sp³-hybridized carbons (Fsp3) is 0.458. The number of amides is 1. The zero-order chi connectivity index (χ0) is 22.7. The number of likely N-dealkylation sites (tertiary alicyclic amines) is 1. The van der Waals surface area contributed by atoms with E-state index in [1.807, 2.05) is 23.1 Å². The Kier molecular flexibility index (Phi) is 5.13. The lowest BCUT2D eigenvalue weighted by molar-refractivity contribution is -0.133. The second-order valence-electron chi connectivity index (χ2n) is 9.60. The van der Waals surface area contributed by atoms with Crippen LogP contribution >= 0.6 is 0 Å². The minimum atomic E-state index is -3.45. The molecule has 2 aromatic rings. The maximum atomic E-state index is 13.7. The summed E-state index contributed by atoms with van der Waals surface area (Å²) in [5, 5.41) is 0. The van der Waals surface area contributed by atoms with Crippen molar-refractivity contribution in [2.45, 2.75) is 44.2 Å². The van der Waals surface area contributed by atoms with Crippen LogP contribution in [0.25, 0.3) is 11.1 Å². The number of hydrogen-bond donors (Lipinski definition) is 1. The van der Waals surface area contributed by atoms with E-state index in [9.17, 15) is 22.0 Å². The van der Waals surface area contributed by atoms with Crippen molar-refractivity contribution in [1.82, 2.24) is 9.62 Å². The molecule has 1 amide bonds. The lowest BCUT2D eigenvalue weighted by Crippen LogP contribution is -2.49. The van der Waals surface area contributed by atoms with E-state index in [1.54, 1.807) is 6.07 Å². The largest absolute Gasteiger partial charge is 0.337 e. The summed E-state index contributed by atoms with van der Waals surface area (Å²) in [6.07, 6.45) is 5.20.